The number of hydrogen-bond acceptors (Lipinski definition) is 3. The maximum Gasteiger partial charge on any atom is 0.0678 e. The first-order chi connectivity index (χ1) is 8.06. The van der Waals surface area contributed by atoms with E-state index in [0.717, 1.165) is 35.9 Å². The van der Waals surface area contributed by atoms with Gasteiger partial charge in [0, 0.05) is 35.9 Å². The molecule has 0 radical (unpaired) electrons. The van der Waals surface area contributed by atoms with Crippen molar-refractivity contribution in [3.05, 3.63) is 28.8 Å². The van der Waals surface area contributed by atoms with Crippen LogP contribution in [0.1, 0.15) is 19.4 Å². The van der Waals surface area contributed by atoms with Crippen LogP contribution in [-0.4, -0.2) is 30.2 Å². The van der Waals surface area contributed by atoms with Gasteiger partial charge in [-0.1, -0.05) is 17.7 Å². The van der Waals surface area contributed by atoms with E-state index >= 15 is 0 Å². The highest BCUT2D eigenvalue weighted by Crippen LogP contribution is 2.25. The number of anilines is 1. The maximum absolute atomic E-state index is 6.18. The molecule has 0 spiro atoms. The fraction of sp³-hybridized carbons (Fsp3) is 0.538. The fourth-order valence-corrected chi connectivity index (χ4v) is 2.62. The third-order valence-electron chi connectivity index (χ3n) is 3.03. The average molecular weight is 255 g/mol. The minimum Gasteiger partial charge on any atom is -0.398 e. The summed E-state index contributed by atoms with van der Waals surface area (Å²) >= 11 is 6.18. The van der Waals surface area contributed by atoms with Gasteiger partial charge in [-0.15, -0.1) is 0 Å². The van der Waals surface area contributed by atoms with Crippen molar-refractivity contribution < 1.29 is 4.74 Å². The fourth-order valence-electron chi connectivity index (χ4n) is 2.38. The van der Waals surface area contributed by atoms with Gasteiger partial charge in [0.1, 0.15) is 0 Å². The van der Waals surface area contributed by atoms with Gasteiger partial charge in [0.25, 0.3) is 0 Å². The van der Waals surface area contributed by atoms with Gasteiger partial charge in [-0.25, -0.2) is 0 Å². The van der Waals surface area contributed by atoms with Gasteiger partial charge in [0.05, 0.1) is 12.2 Å². The molecule has 1 saturated heterocycles. The van der Waals surface area contributed by atoms with Crippen LogP contribution in [-0.2, 0) is 11.3 Å². The predicted octanol–water partition coefficient (Wildman–Crippen LogP) is 2.53. The highest BCUT2D eigenvalue weighted by molar-refractivity contribution is 6.31. The Hall–Kier alpha value is -0.770. The minimum atomic E-state index is 0.266. The molecule has 94 valence electrons. The summed E-state index contributed by atoms with van der Waals surface area (Å²) in [7, 11) is 0. The van der Waals surface area contributed by atoms with Crippen LogP contribution in [0.25, 0.3) is 0 Å². The number of hydrogen-bond donors (Lipinski definition) is 1. The van der Waals surface area contributed by atoms with Crippen molar-refractivity contribution in [2.24, 2.45) is 0 Å². The number of nitrogen functional groups attached to an aromatic ring is 1. The van der Waals surface area contributed by atoms with Crippen molar-refractivity contribution in [1.82, 2.24) is 4.90 Å². The highest BCUT2D eigenvalue weighted by atomic mass is 35.5. The molecule has 2 unspecified atom stereocenters. The largest absolute Gasteiger partial charge is 0.398 e. The Labute approximate surface area is 107 Å². The molecule has 1 aliphatic rings. The molecule has 0 bridgehead atoms. The van der Waals surface area contributed by atoms with Gasteiger partial charge in [-0.3, -0.25) is 4.90 Å². The standard InChI is InChI=1S/C13H19ClN2O/c1-9-6-16(7-10(2)17-9)8-11-12(14)4-3-5-13(11)15/h3-5,9-10H,6-8,15H2,1-2H3. The lowest BCUT2D eigenvalue weighted by molar-refractivity contribution is -0.0704. The summed E-state index contributed by atoms with van der Waals surface area (Å²) in [4.78, 5) is 2.34. The quantitative estimate of drug-likeness (QED) is 0.825. The molecule has 2 N–H and O–H groups in total. The number of halogens is 1. The van der Waals surface area contributed by atoms with E-state index in [1.165, 1.54) is 0 Å². The van der Waals surface area contributed by atoms with E-state index in [-0.39, 0.29) is 12.2 Å². The van der Waals surface area contributed by atoms with Crippen LogP contribution < -0.4 is 5.73 Å². The van der Waals surface area contributed by atoms with E-state index in [0.29, 0.717) is 0 Å². The first-order valence-electron chi connectivity index (χ1n) is 5.97. The Kier molecular flexibility index (Phi) is 3.92. The Morgan fingerprint density at radius 1 is 1.35 bits per heavy atom. The van der Waals surface area contributed by atoms with Crippen LogP contribution in [0.3, 0.4) is 0 Å². The van der Waals surface area contributed by atoms with Crippen molar-refractivity contribution in [2.75, 3.05) is 18.8 Å². The van der Waals surface area contributed by atoms with Gasteiger partial charge in [-0.2, -0.15) is 0 Å². The lowest BCUT2D eigenvalue weighted by atomic mass is 10.1. The number of morpholine rings is 1. The molecule has 4 heteroatoms. The molecular formula is C13H19ClN2O. The van der Waals surface area contributed by atoms with Gasteiger partial charge in [0.15, 0.2) is 0 Å². The topological polar surface area (TPSA) is 38.5 Å². The molecule has 3 nitrogen and oxygen atoms in total. The third-order valence-corrected chi connectivity index (χ3v) is 3.39. The summed E-state index contributed by atoms with van der Waals surface area (Å²) in [5.74, 6) is 0. The van der Waals surface area contributed by atoms with Gasteiger partial charge in [-0.05, 0) is 26.0 Å². The van der Waals surface area contributed by atoms with E-state index < -0.39 is 0 Å². The monoisotopic (exact) mass is 254 g/mol. The molecule has 1 heterocycles. The number of ether oxygens (including phenoxy) is 1. The third kappa shape index (κ3) is 3.12. The molecular weight excluding hydrogens is 236 g/mol. The van der Waals surface area contributed by atoms with Gasteiger partial charge < -0.3 is 10.5 Å². The van der Waals surface area contributed by atoms with Crippen molar-refractivity contribution >= 4 is 17.3 Å². The second-order valence-corrected chi connectivity index (χ2v) is 5.17. The summed E-state index contributed by atoms with van der Waals surface area (Å²) in [6.07, 6.45) is 0.532. The summed E-state index contributed by atoms with van der Waals surface area (Å²) in [6, 6.07) is 5.67. The predicted molar refractivity (Wildman–Crippen MR) is 71.2 cm³/mol. The van der Waals surface area contributed by atoms with Crippen molar-refractivity contribution in [3.8, 4) is 0 Å². The van der Waals surface area contributed by atoms with Gasteiger partial charge in [0.2, 0.25) is 0 Å². The van der Waals surface area contributed by atoms with Crippen LogP contribution in [0.15, 0.2) is 18.2 Å². The first kappa shape index (κ1) is 12.7. The second kappa shape index (κ2) is 5.25. The van der Waals surface area contributed by atoms with Crippen molar-refractivity contribution in [2.45, 2.75) is 32.6 Å². The Balaban J connectivity index is 2.10. The normalized spacial score (nSPS) is 26.1. The molecule has 1 aromatic rings. The zero-order valence-corrected chi connectivity index (χ0v) is 11.1. The Morgan fingerprint density at radius 2 is 2.00 bits per heavy atom. The average Bonchev–Trinajstić information content (AvgIpc) is 2.22. The number of nitrogens with zero attached hydrogens (tertiary/aromatic N) is 1. The summed E-state index contributed by atoms with van der Waals surface area (Å²) in [5, 5.41) is 0.747. The SMILES string of the molecule is CC1CN(Cc2c(N)cccc2Cl)CC(C)O1. The lowest BCUT2D eigenvalue weighted by Gasteiger charge is -2.35. The molecule has 0 amide bonds. The van der Waals surface area contributed by atoms with Crippen LogP contribution in [0.2, 0.25) is 5.02 Å². The Morgan fingerprint density at radius 3 is 2.59 bits per heavy atom. The number of benzene rings is 1. The van der Waals surface area contributed by atoms with E-state index in [2.05, 4.69) is 18.7 Å². The zero-order valence-electron chi connectivity index (χ0n) is 10.3. The second-order valence-electron chi connectivity index (χ2n) is 4.76. The van der Waals surface area contributed by atoms with Crippen LogP contribution in [0.5, 0.6) is 0 Å². The minimum absolute atomic E-state index is 0.266. The molecule has 2 rings (SSSR count). The molecule has 2 atom stereocenters. The van der Waals surface area contributed by atoms with Gasteiger partial charge >= 0.3 is 0 Å². The number of nitrogens with two attached hydrogens (primary N) is 1. The van der Waals surface area contributed by atoms with Crippen molar-refractivity contribution in [1.29, 1.82) is 0 Å². The molecule has 1 fully saturated rings. The summed E-state index contributed by atoms with van der Waals surface area (Å²) in [5.41, 5.74) is 7.76. The van der Waals surface area contributed by atoms with Crippen LogP contribution in [0, 0.1) is 0 Å². The molecule has 17 heavy (non-hydrogen) atoms. The molecule has 1 aliphatic heterocycles. The highest BCUT2D eigenvalue weighted by Gasteiger charge is 2.23. The van der Waals surface area contributed by atoms with Crippen LogP contribution in [0.4, 0.5) is 5.69 Å². The van der Waals surface area contributed by atoms with Crippen LogP contribution >= 0.6 is 11.6 Å². The van der Waals surface area contributed by atoms with Crippen molar-refractivity contribution in [3.63, 3.8) is 0 Å². The first-order valence-corrected chi connectivity index (χ1v) is 6.34. The maximum atomic E-state index is 6.18. The number of rotatable bonds is 2. The zero-order chi connectivity index (χ0) is 12.4. The molecule has 0 aromatic heterocycles. The van der Waals surface area contributed by atoms with E-state index in [4.69, 9.17) is 22.1 Å². The smallest absolute Gasteiger partial charge is 0.0678 e. The Bertz CT molecular complexity index is 367. The van der Waals surface area contributed by atoms with E-state index in [9.17, 15) is 0 Å². The molecule has 0 aliphatic carbocycles. The summed E-state index contributed by atoms with van der Waals surface area (Å²) in [6.45, 7) is 6.84. The van der Waals surface area contributed by atoms with E-state index in [1.54, 1.807) is 0 Å². The lowest BCUT2D eigenvalue weighted by Crippen LogP contribution is -2.44. The van der Waals surface area contributed by atoms with E-state index in [1.807, 2.05) is 18.2 Å². The summed E-state index contributed by atoms with van der Waals surface area (Å²) < 4.78 is 5.71. The molecule has 0 saturated carbocycles. The molecule has 1 aromatic carbocycles.